The van der Waals surface area contributed by atoms with E-state index in [1.165, 1.54) is 23.5 Å². The second-order valence-electron chi connectivity index (χ2n) is 3.13. The Bertz CT molecular complexity index is 501. The molecule has 2 aromatic rings. The number of nitrogens with zero attached hydrogens (tertiary/aromatic N) is 1. The molecule has 1 aromatic carbocycles. The van der Waals surface area contributed by atoms with Gasteiger partial charge < -0.3 is 15.5 Å². The molecule has 0 aliphatic rings. The van der Waals surface area contributed by atoms with E-state index in [9.17, 15) is 5.11 Å². The van der Waals surface area contributed by atoms with Crippen LogP contribution in [0.3, 0.4) is 0 Å². The SMILES string of the molecule is Oc1ccc(NCc2cnc(Cl)s2)c(O)c1. The minimum atomic E-state index is 0.00983. The lowest BCUT2D eigenvalue weighted by molar-refractivity contribution is 0.452. The second kappa shape index (κ2) is 4.59. The molecule has 0 amide bonds. The standard InChI is InChI=1S/C10H9ClN2O2S/c11-10-13-5-7(16-10)4-12-8-2-1-6(14)3-9(8)15/h1-3,5,12,14-15H,4H2. The first kappa shape index (κ1) is 11.0. The van der Waals surface area contributed by atoms with Crippen LogP contribution in [0.2, 0.25) is 4.47 Å². The van der Waals surface area contributed by atoms with Gasteiger partial charge in [-0.25, -0.2) is 4.98 Å². The molecule has 0 saturated heterocycles. The minimum Gasteiger partial charge on any atom is -0.508 e. The maximum Gasteiger partial charge on any atom is 0.183 e. The molecule has 1 aromatic heterocycles. The molecule has 3 N–H and O–H groups in total. The predicted molar refractivity (Wildman–Crippen MR) is 64.2 cm³/mol. The van der Waals surface area contributed by atoms with E-state index in [4.69, 9.17) is 16.7 Å². The van der Waals surface area contributed by atoms with E-state index in [1.54, 1.807) is 12.3 Å². The number of thiazole rings is 1. The summed E-state index contributed by atoms with van der Waals surface area (Å²) in [7, 11) is 0. The molecule has 0 unspecified atom stereocenters. The third-order valence-corrected chi connectivity index (χ3v) is 3.07. The first-order valence-electron chi connectivity index (χ1n) is 4.51. The average Bonchev–Trinajstić information content (AvgIpc) is 2.63. The monoisotopic (exact) mass is 256 g/mol. The molecular weight excluding hydrogens is 248 g/mol. The molecule has 0 bridgehead atoms. The lowest BCUT2D eigenvalue weighted by Gasteiger charge is -2.06. The average molecular weight is 257 g/mol. The Morgan fingerprint density at radius 2 is 2.19 bits per heavy atom. The second-order valence-corrected chi connectivity index (χ2v) is 4.83. The number of benzene rings is 1. The summed E-state index contributed by atoms with van der Waals surface area (Å²) in [4.78, 5) is 4.88. The quantitative estimate of drug-likeness (QED) is 0.584. The molecule has 0 spiro atoms. The van der Waals surface area contributed by atoms with Crippen molar-refractivity contribution in [2.24, 2.45) is 0 Å². The number of phenolic OH excluding ortho intramolecular Hbond substituents is 2. The zero-order chi connectivity index (χ0) is 11.5. The van der Waals surface area contributed by atoms with Crippen LogP contribution in [0.25, 0.3) is 0 Å². The normalized spacial score (nSPS) is 10.3. The molecular formula is C10H9ClN2O2S. The molecule has 0 radical (unpaired) electrons. The van der Waals surface area contributed by atoms with Crippen molar-refractivity contribution in [3.05, 3.63) is 33.7 Å². The Labute approximate surface area is 101 Å². The zero-order valence-corrected chi connectivity index (χ0v) is 9.72. The molecule has 0 aliphatic heterocycles. The summed E-state index contributed by atoms with van der Waals surface area (Å²) in [5.74, 6) is 0.0412. The summed E-state index contributed by atoms with van der Waals surface area (Å²) >= 11 is 7.07. The number of nitrogens with one attached hydrogen (secondary N) is 1. The lowest BCUT2D eigenvalue weighted by atomic mass is 10.2. The molecule has 0 saturated carbocycles. The molecule has 0 aliphatic carbocycles. The van der Waals surface area contributed by atoms with E-state index in [2.05, 4.69) is 10.3 Å². The summed E-state index contributed by atoms with van der Waals surface area (Å²) in [6.07, 6.45) is 1.68. The van der Waals surface area contributed by atoms with Crippen molar-refractivity contribution >= 4 is 28.6 Å². The van der Waals surface area contributed by atoms with Crippen LogP contribution in [-0.4, -0.2) is 15.2 Å². The van der Waals surface area contributed by atoms with Gasteiger partial charge in [0.05, 0.1) is 12.2 Å². The summed E-state index contributed by atoms with van der Waals surface area (Å²) in [6, 6.07) is 4.39. The van der Waals surface area contributed by atoms with Gasteiger partial charge in [0.1, 0.15) is 11.5 Å². The van der Waals surface area contributed by atoms with Crippen LogP contribution in [0.1, 0.15) is 4.88 Å². The zero-order valence-electron chi connectivity index (χ0n) is 8.14. The van der Waals surface area contributed by atoms with Crippen LogP contribution in [0.15, 0.2) is 24.4 Å². The minimum absolute atomic E-state index is 0.00983. The van der Waals surface area contributed by atoms with Gasteiger partial charge in [0.2, 0.25) is 0 Å². The topological polar surface area (TPSA) is 65.4 Å². The van der Waals surface area contributed by atoms with E-state index in [0.717, 1.165) is 4.88 Å². The maximum absolute atomic E-state index is 9.51. The van der Waals surface area contributed by atoms with Crippen LogP contribution in [0.5, 0.6) is 11.5 Å². The highest BCUT2D eigenvalue weighted by atomic mass is 35.5. The van der Waals surface area contributed by atoms with E-state index < -0.39 is 0 Å². The van der Waals surface area contributed by atoms with Gasteiger partial charge in [-0.2, -0.15) is 0 Å². The molecule has 6 heteroatoms. The summed E-state index contributed by atoms with van der Waals surface area (Å²) in [5.41, 5.74) is 0.558. The van der Waals surface area contributed by atoms with E-state index in [-0.39, 0.29) is 11.5 Å². The third-order valence-electron chi connectivity index (χ3n) is 1.96. The van der Waals surface area contributed by atoms with E-state index in [0.29, 0.717) is 16.7 Å². The number of rotatable bonds is 3. The number of hydrogen-bond donors (Lipinski definition) is 3. The highest BCUT2D eigenvalue weighted by molar-refractivity contribution is 7.15. The highest BCUT2D eigenvalue weighted by Gasteiger charge is 2.03. The van der Waals surface area contributed by atoms with Gasteiger partial charge in [-0.1, -0.05) is 11.6 Å². The van der Waals surface area contributed by atoms with Gasteiger partial charge >= 0.3 is 0 Å². The maximum atomic E-state index is 9.51. The van der Waals surface area contributed by atoms with Crippen molar-refractivity contribution in [3.63, 3.8) is 0 Å². The molecule has 4 nitrogen and oxygen atoms in total. The van der Waals surface area contributed by atoms with Gasteiger partial charge in [0, 0.05) is 17.1 Å². The first-order chi connectivity index (χ1) is 7.65. The van der Waals surface area contributed by atoms with Crippen molar-refractivity contribution in [2.75, 3.05) is 5.32 Å². The molecule has 2 rings (SSSR count). The van der Waals surface area contributed by atoms with Crippen molar-refractivity contribution in [1.82, 2.24) is 4.98 Å². The number of phenols is 2. The first-order valence-corrected chi connectivity index (χ1v) is 5.70. The summed E-state index contributed by atoms with van der Waals surface area (Å²) in [6.45, 7) is 0.530. The van der Waals surface area contributed by atoms with Gasteiger partial charge in [-0.15, -0.1) is 11.3 Å². The smallest absolute Gasteiger partial charge is 0.183 e. The van der Waals surface area contributed by atoms with Crippen molar-refractivity contribution < 1.29 is 10.2 Å². The lowest BCUT2D eigenvalue weighted by Crippen LogP contribution is -1.97. The Morgan fingerprint density at radius 3 is 2.81 bits per heavy atom. The van der Waals surface area contributed by atoms with Crippen molar-refractivity contribution in [2.45, 2.75) is 6.54 Å². The summed E-state index contributed by atoms with van der Waals surface area (Å²) < 4.78 is 0.492. The molecule has 0 atom stereocenters. The van der Waals surface area contributed by atoms with E-state index in [1.807, 2.05) is 0 Å². The van der Waals surface area contributed by atoms with Crippen molar-refractivity contribution in [1.29, 1.82) is 0 Å². The van der Waals surface area contributed by atoms with Crippen LogP contribution in [-0.2, 0) is 6.54 Å². The molecule has 16 heavy (non-hydrogen) atoms. The van der Waals surface area contributed by atoms with Gasteiger partial charge in [-0.3, -0.25) is 0 Å². The highest BCUT2D eigenvalue weighted by Crippen LogP contribution is 2.28. The molecule has 1 heterocycles. The van der Waals surface area contributed by atoms with Crippen LogP contribution in [0, 0.1) is 0 Å². The number of halogens is 1. The fourth-order valence-electron chi connectivity index (χ4n) is 1.22. The number of aromatic hydroxyl groups is 2. The predicted octanol–water partition coefficient (Wildman–Crippen LogP) is 2.82. The number of aromatic nitrogens is 1. The van der Waals surface area contributed by atoms with Crippen LogP contribution < -0.4 is 5.32 Å². The number of anilines is 1. The number of hydrogen-bond acceptors (Lipinski definition) is 5. The van der Waals surface area contributed by atoms with Gasteiger partial charge in [0.15, 0.2) is 4.47 Å². The third kappa shape index (κ3) is 2.56. The van der Waals surface area contributed by atoms with Gasteiger partial charge in [0.25, 0.3) is 0 Å². The Morgan fingerprint density at radius 1 is 1.38 bits per heavy atom. The van der Waals surface area contributed by atoms with Crippen LogP contribution in [0.4, 0.5) is 5.69 Å². The Balaban J connectivity index is 2.04. The fourth-order valence-corrected chi connectivity index (χ4v) is 2.13. The van der Waals surface area contributed by atoms with Gasteiger partial charge in [-0.05, 0) is 12.1 Å². The largest absolute Gasteiger partial charge is 0.508 e. The van der Waals surface area contributed by atoms with Crippen LogP contribution >= 0.6 is 22.9 Å². The Kier molecular flexibility index (Phi) is 3.17. The Hall–Kier alpha value is -1.46. The van der Waals surface area contributed by atoms with Crippen molar-refractivity contribution in [3.8, 4) is 11.5 Å². The van der Waals surface area contributed by atoms with E-state index >= 15 is 0 Å². The molecule has 0 fully saturated rings. The molecule has 84 valence electrons. The fraction of sp³-hybridized carbons (Fsp3) is 0.100. The summed E-state index contributed by atoms with van der Waals surface area (Å²) in [5, 5.41) is 21.6.